The Hall–Kier alpha value is -0.0800. The average Bonchev–Trinajstić information content (AvgIpc) is 2.89. The maximum Gasteiger partial charge on any atom is 0.0469 e. The van der Waals surface area contributed by atoms with E-state index in [2.05, 4.69) is 4.90 Å². The van der Waals surface area contributed by atoms with Gasteiger partial charge in [-0.2, -0.15) is 0 Å². The number of rotatable bonds is 2. The third kappa shape index (κ3) is 1.67. The van der Waals surface area contributed by atoms with Gasteiger partial charge in [-0.3, -0.25) is 4.90 Å². The minimum Gasteiger partial charge on any atom is -0.381 e. The molecule has 2 atom stereocenters. The van der Waals surface area contributed by atoms with Gasteiger partial charge in [0.05, 0.1) is 0 Å². The second kappa shape index (κ2) is 3.96. The number of hydrogen-bond acceptors (Lipinski definition) is 2. The summed E-state index contributed by atoms with van der Waals surface area (Å²) < 4.78 is 5.54. The van der Waals surface area contributed by atoms with Gasteiger partial charge >= 0.3 is 0 Å². The Morgan fingerprint density at radius 3 is 2.12 bits per heavy atom. The second-order valence-corrected chi connectivity index (χ2v) is 6.85. The molecule has 0 bridgehead atoms. The highest BCUT2D eigenvalue weighted by Crippen LogP contribution is 2.54. The molecule has 0 amide bonds. The lowest BCUT2D eigenvalue weighted by molar-refractivity contribution is 0.0202. The lowest BCUT2D eigenvalue weighted by atomic mass is 9.88. The molecule has 0 aromatic heterocycles. The van der Waals surface area contributed by atoms with Crippen molar-refractivity contribution in [3.05, 3.63) is 0 Å². The normalized spacial score (nSPS) is 41.6. The van der Waals surface area contributed by atoms with Crippen molar-refractivity contribution in [2.24, 2.45) is 17.8 Å². The lowest BCUT2D eigenvalue weighted by Crippen LogP contribution is -2.44. The molecule has 0 aromatic carbocycles. The molecule has 0 spiro atoms. The molecule has 2 heteroatoms. The molecule has 2 heterocycles. The first-order valence-electron chi connectivity index (χ1n) is 7.71. The van der Waals surface area contributed by atoms with E-state index < -0.39 is 0 Å². The van der Waals surface area contributed by atoms with Gasteiger partial charge in [0.25, 0.3) is 0 Å². The highest BCUT2D eigenvalue weighted by molar-refractivity contribution is 5.11. The standard InChI is InChI=1S/C15H25NO/c1-2-12-10-16(11-13(12)3-1)15(6-7-15)14-4-8-17-9-5-14/h12-14H,1-11H2. The van der Waals surface area contributed by atoms with Crippen LogP contribution in [-0.4, -0.2) is 36.7 Å². The van der Waals surface area contributed by atoms with E-state index in [0.717, 1.165) is 31.0 Å². The molecule has 0 N–H and O–H groups in total. The molecule has 2 nitrogen and oxygen atoms in total. The van der Waals surface area contributed by atoms with Gasteiger partial charge in [-0.1, -0.05) is 6.42 Å². The molecule has 0 aromatic rings. The summed E-state index contributed by atoms with van der Waals surface area (Å²) in [4.78, 5) is 2.91. The van der Waals surface area contributed by atoms with Gasteiger partial charge in [-0.05, 0) is 56.3 Å². The van der Waals surface area contributed by atoms with Crippen molar-refractivity contribution in [2.45, 2.75) is 50.5 Å². The van der Waals surface area contributed by atoms with Crippen LogP contribution in [0.1, 0.15) is 44.9 Å². The molecule has 2 saturated heterocycles. The van der Waals surface area contributed by atoms with Crippen molar-refractivity contribution in [1.29, 1.82) is 0 Å². The van der Waals surface area contributed by atoms with Crippen molar-refractivity contribution in [3.63, 3.8) is 0 Å². The Balaban J connectivity index is 1.47. The molecule has 2 aliphatic heterocycles. The van der Waals surface area contributed by atoms with Gasteiger partial charge < -0.3 is 4.74 Å². The molecular weight excluding hydrogens is 210 g/mol. The topological polar surface area (TPSA) is 12.5 Å². The lowest BCUT2D eigenvalue weighted by Gasteiger charge is -2.37. The molecule has 0 radical (unpaired) electrons. The third-order valence-corrected chi connectivity index (χ3v) is 6.10. The van der Waals surface area contributed by atoms with E-state index in [1.54, 1.807) is 0 Å². The second-order valence-electron chi connectivity index (χ2n) is 6.85. The molecule has 17 heavy (non-hydrogen) atoms. The zero-order valence-electron chi connectivity index (χ0n) is 10.9. The van der Waals surface area contributed by atoms with Crippen molar-refractivity contribution in [3.8, 4) is 0 Å². The predicted molar refractivity (Wildman–Crippen MR) is 67.9 cm³/mol. The van der Waals surface area contributed by atoms with Gasteiger partial charge in [0.2, 0.25) is 0 Å². The van der Waals surface area contributed by atoms with Crippen LogP contribution in [0.4, 0.5) is 0 Å². The highest BCUT2D eigenvalue weighted by Gasteiger charge is 2.56. The summed E-state index contributed by atoms with van der Waals surface area (Å²) in [5.41, 5.74) is 0.647. The van der Waals surface area contributed by atoms with Crippen molar-refractivity contribution in [2.75, 3.05) is 26.3 Å². The molecule has 4 fully saturated rings. The van der Waals surface area contributed by atoms with E-state index in [4.69, 9.17) is 4.74 Å². The van der Waals surface area contributed by atoms with Crippen LogP contribution in [0.15, 0.2) is 0 Å². The van der Waals surface area contributed by atoms with E-state index in [1.807, 2.05) is 0 Å². The Morgan fingerprint density at radius 1 is 0.882 bits per heavy atom. The maximum absolute atomic E-state index is 5.54. The molecule has 2 aliphatic carbocycles. The number of likely N-dealkylation sites (tertiary alicyclic amines) is 1. The van der Waals surface area contributed by atoms with Gasteiger partial charge in [0.15, 0.2) is 0 Å². The van der Waals surface area contributed by atoms with Crippen LogP contribution in [0.2, 0.25) is 0 Å². The van der Waals surface area contributed by atoms with Crippen LogP contribution in [0, 0.1) is 17.8 Å². The van der Waals surface area contributed by atoms with Gasteiger partial charge in [0.1, 0.15) is 0 Å². The zero-order chi connectivity index (χ0) is 11.3. The zero-order valence-corrected chi connectivity index (χ0v) is 10.9. The third-order valence-electron chi connectivity index (χ3n) is 6.10. The van der Waals surface area contributed by atoms with Crippen LogP contribution >= 0.6 is 0 Å². The van der Waals surface area contributed by atoms with Crippen molar-refractivity contribution < 1.29 is 4.74 Å². The van der Waals surface area contributed by atoms with E-state index in [1.165, 1.54) is 58.0 Å². The van der Waals surface area contributed by atoms with Gasteiger partial charge in [0, 0.05) is 31.8 Å². The van der Waals surface area contributed by atoms with Crippen LogP contribution in [-0.2, 0) is 4.74 Å². The molecule has 2 saturated carbocycles. The first-order valence-corrected chi connectivity index (χ1v) is 7.71. The number of hydrogen-bond donors (Lipinski definition) is 0. The largest absolute Gasteiger partial charge is 0.381 e. The molecule has 4 rings (SSSR count). The number of nitrogens with zero attached hydrogens (tertiary/aromatic N) is 1. The average molecular weight is 235 g/mol. The SMILES string of the molecule is C1CC2CN(C3(C4CCOCC4)CC3)CC2C1. The molecule has 2 unspecified atom stereocenters. The molecule has 4 aliphatic rings. The fourth-order valence-corrected chi connectivity index (χ4v) is 4.94. The number of fused-ring (bicyclic) bond motifs is 1. The summed E-state index contributed by atoms with van der Waals surface area (Å²) in [6, 6.07) is 0. The van der Waals surface area contributed by atoms with E-state index in [-0.39, 0.29) is 0 Å². The van der Waals surface area contributed by atoms with Crippen molar-refractivity contribution >= 4 is 0 Å². The fourth-order valence-electron chi connectivity index (χ4n) is 4.94. The summed E-state index contributed by atoms with van der Waals surface area (Å²) >= 11 is 0. The van der Waals surface area contributed by atoms with Crippen LogP contribution in [0.5, 0.6) is 0 Å². The maximum atomic E-state index is 5.54. The minimum atomic E-state index is 0.647. The van der Waals surface area contributed by atoms with Crippen LogP contribution < -0.4 is 0 Å². The Morgan fingerprint density at radius 2 is 1.53 bits per heavy atom. The Kier molecular flexibility index (Phi) is 2.52. The summed E-state index contributed by atoms with van der Waals surface area (Å²) in [5.74, 6) is 3.08. The summed E-state index contributed by atoms with van der Waals surface area (Å²) in [5, 5.41) is 0. The quantitative estimate of drug-likeness (QED) is 0.729. The van der Waals surface area contributed by atoms with E-state index >= 15 is 0 Å². The monoisotopic (exact) mass is 235 g/mol. The Labute approximate surface area is 105 Å². The highest BCUT2D eigenvalue weighted by atomic mass is 16.5. The smallest absolute Gasteiger partial charge is 0.0469 e. The van der Waals surface area contributed by atoms with E-state index in [9.17, 15) is 0 Å². The first-order chi connectivity index (χ1) is 8.38. The first kappa shape index (κ1) is 10.8. The minimum absolute atomic E-state index is 0.647. The fraction of sp³-hybridized carbons (Fsp3) is 1.00. The van der Waals surface area contributed by atoms with Gasteiger partial charge in [-0.15, -0.1) is 0 Å². The molecule has 96 valence electrons. The van der Waals surface area contributed by atoms with Crippen LogP contribution in [0.25, 0.3) is 0 Å². The summed E-state index contributed by atoms with van der Waals surface area (Å²) in [6.07, 6.45) is 10.2. The van der Waals surface area contributed by atoms with Crippen molar-refractivity contribution in [1.82, 2.24) is 4.90 Å². The van der Waals surface area contributed by atoms with Crippen LogP contribution in [0.3, 0.4) is 0 Å². The predicted octanol–water partition coefficient (Wildman–Crippen LogP) is 2.68. The summed E-state index contributed by atoms with van der Waals surface area (Å²) in [6.45, 7) is 4.91. The van der Waals surface area contributed by atoms with Gasteiger partial charge in [-0.25, -0.2) is 0 Å². The summed E-state index contributed by atoms with van der Waals surface area (Å²) in [7, 11) is 0. The molecular formula is C15H25NO. The number of ether oxygens (including phenoxy) is 1. The van der Waals surface area contributed by atoms with E-state index in [0.29, 0.717) is 5.54 Å². The Bertz CT molecular complexity index is 281.